The first-order valence-electron chi connectivity index (χ1n) is 5.84. The Balaban J connectivity index is 3.16. The molecule has 1 rings (SSSR count). The van der Waals surface area contributed by atoms with Crippen LogP contribution in [0.5, 0.6) is 0 Å². The minimum absolute atomic E-state index is 0.123. The predicted octanol–water partition coefficient (Wildman–Crippen LogP) is 2.21. The Bertz CT molecular complexity index is 503. The van der Waals surface area contributed by atoms with E-state index in [2.05, 4.69) is 0 Å². The maximum Gasteiger partial charge on any atom is 0.323 e. The lowest BCUT2D eigenvalue weighted by molar-refractivity contribution is -0.137. The number of aryl methyl sites for hydroxylation is 1. The zero-order valence-corrected chi connectivity index (χ0v) is 10.7. The van der Waals surface area contributed by atoms with Crippen molar-refractivity contribution in [2.75, 3.05) is 13.1 Å². The minimum Gasteiger partial charge on any atom is -0.480 e. The number of carboxylic acid groups (broad SMARTS) is 1. The highest BCUT2D eigenvalue weighted by Gasteiger charge is 2.25. The molecule has 0 spiro atoms. The fourth-order valence-corrected chi connectivity index (χ4v) is 1.70. The standard InChI is InChI=1S/C13H15F2NO3/c1-3-6-16(7-10(17)18)13(19)11-9(14)5-4-8(2)12(11)15/h4-5H,3,6-7H2,1-2H3,(H,17,18). The molecule has 0 unspecified atom stereocenters. The number of benzene rings is 1. The Morgan fingerprint density at radius 3 is 2.47 bits per heavy atom. The Kier molecular flexibility index (Phi) is 4.97. The molecule has 1 aromatic carbocycles. The van der Waals surface area contributed by atoms with Crippen molar-refractivity contribution in [3.05, 3.63) is 34.9 Å². The van der Waals surface area contributed by atoms with Crippen LogP contribution in [0.25, 0.3) is 0 Å². The van der Waals surface area contributed by atoms with Gasteiger partial charge in [0.15, 0.2) is 0 Å². The fraction of sp³-hybridized carbons (Fsp3) is 0.385. The molecular formula is C13H15F2NO3. The van der Waals surface area contributed by atoms with E-state index in [-0.39, 0.29) is 12.1 Å². The molecule has 0 radical (unpaired) electrons. The van der Waals surface area contributed by atoms with E-state index in [1.54, 1.807) is 6.92 Å². The van der Waals surface area contributed by atoms with Gasteiger partial charge in [0.05, 0.1) is 0 Å². The molecule has 4 nitrogen and oxygen atoms in total. The Labute approximate surface area is 109 Å². The third-order valence-corrected chi connectivity index (χ3v) is 2.60. The van der Waals surface area contributed by atoms with Crippen molar-refractivity contribution >= 4 is 11.9 Å². The van der Waals surface area contributed by atoms with E-state index < -0.39 is 35.6 Å². The second kappa shape index (κ2) is 6.26. The highest BCUT2D eigenvalue weighted by atomic mass is 19.1. The van der Waals surface area contributed by atoms with Crippen LogP contribution in [-0.2, 0) is 4.79 Å². The highest BCUT2D eigenvalue weighted by molar-refractivity contribution is 5.96. The quantitative estimate of drug-likeness (QED) is 0.893. The first-order valence-corrected chi connectivity index (χ1v) is 5.84. The number of aliphatic carboxylic acids is 1. The number of hydrogen-bond donors (Lipinski definition) is 1. The third kappa shape index (κ3) is 3.49. The van der Waals surface area contributed by atoms with Crippen molar-refractivity contribution in [1.29, 1.82) is 0 Å². The monoisotopic (exact) mass is 271 g/mol. The molecule has 0 aromatic heterocycles. The molecule has 0 aliphatic carbocycles. The van der Waals surface area contributed by atoms with E-state index in [0.717, 1.165) is 11.0 Å². The lowest BCUT2D eigenvalue weighted by Crippen LogP contribution is -2.37. The number of carbonyl (C=O) groups excluding carboxylic acids is 1. The van der Waals surface area contributed by atoms with Crippen molar-refractivity contribution in [2.45, 2.75) is 20.3 Å². The average molecular weight is 271 g/mol. The van der Waals surface area contributed by atoms with Crippen LogP contribution < -0.4 is 0 Å². The van der Waals surface area contributed by atoms with Crippen molar-refractivity contribution in [1.82, 2.24) is 4.90 Å². The van der Waals surface area contributed by atoms with E-state index in [0.29, 0.717) is 6.42 Å². The SMILES string of the molecule is CCCN(CC(=O)O)C(=O)c1c(F)ccc(C)c1F. The van der Waals surface area contributed by atoms with Gasteiger partial charge >= 0.3 is 5.97 Å². The van der Waals surface area contributed by atoms with E-state index >= 15 is 0 Å². The molecule has 104 valence electrons. The molecule has 0 fully saturated rings. The van der Waals surface area contributed by atoms with Crippen LogP contribution in [0.1, 0.15) is 29.3 Å². The molecule has 1 aromatic rings. The molecule has 19 heavy (non-hydrogen) atoms. The van der Waals surface area contributed by atoms with Gasteiger partial charge in [0, 0.05) is 6.54 Å². The van der Waals surface area contributed by atoms with Gasteiger partial charge in [-0.15, -0.1) is 0 Å². The number of carbonyl (C=O) groups is 2. The van der Waals surface area contributed by atoms with Gasteiger partial charge in [-0.1, -0.05) is 13.0 Å². The zero-order valence-electron chi connectivity index (χ0n) is 10.7. The summed E-state index contributed by atoms with van der Waals surface area (Å²) >= 11 is 0. The van der Waals surface area contributed by atoms with Gasteiger partial charge in [-0.3, -0.25) is 9.59 Å². The summed E-state index contributed by atoms with van der Waals surface area (Å²) in [5.41, 5.74) is -0.564. The van der Waals surface area contributed by atoms with Crippen LogP contribution in [0.2, 0.25) is 0 Å². The Hall–Kier alpha value is -1.98. The van der Waals surface area contributed by atoms with Crippen LogP contribution in [0.3, 0.4) is 0 Å². The molecule has 1 N–H and O–H groups in total. The largest absolute Gasteiger partial charge is 0.480 e. The van der Waals surface area contributed by atoms with Gasteiger partial charge in [0.2, 0.25) is 0 Å². The molecule has 0 saturated heterocycles. The average Bonchev–Trinajstić information content (AvgIpc) is 2.33. The molecule has 0 bridgehead atoms. The first-order chi connectivity index (χ1) is 8.88. The summed E-state index contributed by atoms with van der Waals surface area (Å²) in [6.45, 7) is 2.69. The second-order valence-electron chi connectivity index (χ2n) is 4.17. The van der Waals surface area contributed by atoms with Gasteiger partial charge in [0.25, 0.3) is 5.91 Å². The maximum absolute atomic E-state index is 13.8. The molecular weight excluding hydrogens is 256 g/mol. The normalized spacial score (nSPS) is 10.3. The van der Waals surface area contributed by atoms with Crippen LogP contribution in [0.15, 0.2) is 12.1 Å². The van der Waals surface area contributed by atoms with Crippen LogP contribution in [0.4, 0.5) is 8.78 Å². The number of carboxylic acids is 1. The number of hydrogen-bond acceptors (Lipinski definition) is 2. The zero-order chi connectivity index (χ0) is 14.6. The molecule has 0 aliphatic rings. The predicted molar refractivity (Wildman–Crippen MR) is 64.9 cm³/mol. The first kappa shape index (κ1) is 15.1. The Morgan fingerprint density at radius 2 is 1.95 bits per heavy atom. The second-order valence-corrected chi connectivity index (χ2v) is 4.17. The summed E-state index contributed by atoms with van der Waals surface area (Å²) in [4.78, 5) is 23.6. The molecule has 0 atom stereocenters. The summed E-state index contributed by atoms with van der Waals surface area (Å²) in [5, 5.41) is 8.72. The maximum atomic E-state index is 13.8. The third-order valence-electron chi connectivity index (χ3n) is 2.60. The van der Waals surface area contributed by atoms with E-state index in [4.69, 9.17) is 5.11 Å². The topological polar surface area (TPSA) is 57.6 Å². The van der Waals surface area contributed by atoms with Crippen molar-refractivity contribution < 1.29 is 23.5 Å². The van der Waals surface area contributed by atoms with Crippen molar-refractivity contribution in [3.63, 3.8) is 0 Å². The van der Waals surface area contributed by atoms with Crippen molar-refractivity contribution in [2.24, 2.45) is 0 Å². The van der Waals surface area contributed by atoms with Gasteiger partial charge in [-0.25, -0.2) is 8.78 Å². The molecule has 0 aliphatic heterocycles. The lowest BCUT2D eigenvalue weighted by Gasteiger charge is -2.20. The van der Waals surface area contributed by atoms with Crippen molar-refractivity contribution in [3.8, 4) is 0 Å². The fourth-order valence-electron chi connectivity index (χ4n) is 1.70. The summed E-state index contributed by atoms with van der Waals surface area (Å²) in [7, 11) is 0. The highest BCUT2D eigenvalue weighted by Crippen LogP contribution is 2.18. The van der Waals surface area contributed by atoms with E-state index in [9.17, 15) is 18.4 Å². The summed E-state index contributed by atoms with van der Waals surface area (Å²) in [5.74, 6) is -4.10. The summed E-state index contributed by atoms with van der Waals surface area (Å²) in [6.07, 6.45) is 0.494. The molecule has 0 heterocycles. The van der Waals surface area contributed by atoms with Gasteiger partial charge < -0.3 is 10.0 Å². The number of nitrogens with zero attached hydrogens (tertiary/aromatic N) is 1. The lowest BCUT2D eigenvalue weighted by atomic mass is 10.1. The van der Waals surface area contributed by atoms with Gasteiger partial charge in [0.1, 0.15) is 23.7 Å². The molecule has 6 heteroatoms. The van der Waals surface area contributed by atoms with E-state index in [1.165, 1.54) is 13.0 Å². The van der Waals surface area contributed by atoms with Crippen LogP contribution >= 0.6 is 0 Å². The van der Waals surface area contributed by atoms with Crippen LogP contribution in [-0.4, -0.2) is 35.0 Å². The smallest absolute Gasteiger partial charge is 0.323 e. The van der Waals surface area contributed by atoms with Gasteiger partial charge in [-0.2, -0.15) is 0 Å². The minimum atomic E-state index is -1.23. The van der Waals surface area contributed by atoms with Gasteiger partial charge in [-0.05, 0) is 25.0 Å². The summed E-state index contributed by atoms with van der Waals surface area (Å²) < 4.78 is 27.4. The summed E-state index contributed by atoms with van der Waals surface area (Å²) in [6, 6.07) is 2.22. The molecule has 0 saturated carbocycles. The number of halogens is 2. The molecule has 1 amide bonds. The van der Waals surface area contributed by atoms with E-state index in [1.807, 2.05) is 0 Å². The Morgan fingerprint density at radius 1 is 1.32 bits per heavy atom. The number of rotatable bonds is 5. The number of amides is 1. The van der Waals surface area contributed by atoms with Crippen LogP contribution in [0, 0.1) is 18.6 Å².